The van der Waals surface area contributed by atoms with Gasteiger partial charge in [0, 0.05) is 9.52 Å². The van der Waals surface area contributed by atoms with Gasteiger partial charge in [0.1, 0.15) is 0 Å². The van der Waals surface area contributed by atoms with Crippen LogP contribution in [0.25, 0.3) is 21.5 Å². The number of halogens is 2. The summed E-state index contributed by atoms with van der Waals surface area (Å²) in [6, 6.07) is 29.3. The normalized spacial score (nSPS) is 8.42. The van der Waals surface area contributed by atoms with Crippen LogP contribution in [0.3, 0.4) is 0 Å². The second kappa shape index (κ2) is 13.9. The second-order valence-corrected chi connectivity index (χ2v) is 6.04. The minimum atomic E-state index is 0. The van der Waals surface area contributed by atoms with Crippen molar-refractivity contribution in [3.05, 3.63) is 84.9 Å². The maximum absolute atomic E-state index is 2.21. The summed E-state index contributed by atoms with van der Waals surface area (Å²) in [6.07, 6.45) is 0. The van der Waals surface area contributed by atoms with E-state index in [0.717, 1.165) is 9.52 Å². The Morgan fingerprint density at radius 1 is 0.625 bits per heavy atom. The Hall–Kier alpha value is -1.55. The van der Waals surface area contributed by atoms with E-state index in [9.17, 15) is 0 Å². The van der Waals surface area contributed by atoms with Crippen LogP contribution < -0.4 is 9.41 Å². The van der Waals surface area contributed by atoms with E-state index in [1.54, 1.807) is 0 Å². The number of fused-ring (bicyclic) bond motifs is 2. The van der Waals surface area contributed by atoms with Crippen LogP contribution in [0.1, 0.15) is 0 Å². The van der Waals surface area contributed by atoms with Gasteiger partial charge in [0.05, 0.1) is 0 Å². The maximum Gasteiger partial charge on any atom is 4.00 e. The molecule has 0 N–H and O–H groups in total. The fraction of sp³-hybridized carbons (Fsp3) is 0.100. The molecule has 0 heterocycles. The summed E-state index contributed by atoms with van der Waals surface area (Å²) >= 11 is 0. The molecule has 0 unspecified atom stereocenters. The first-order valence-electron chi connectivity index (χ1n) is 7.30. The van der Waals surface area contributed by atoms with Crippen LogP contribution in [0.5, 0.6) is 0 Å². The molecule has 0 fully saturated rings. The van der Waals surface area contributed by atoms with E-state index in [0.29, 0.717) is 0 Å². The zero-order valence-electron chi connectivity index (χ0n) is 13.9. The minimum absolute atomic E-state index is 0. The molecular formula is C20H21F2SiTi. The smallest absolute Gasteiger partial charge is 1.00 e. The van der Waals surface area contributed by atoms with Gasteiger partial charge in [-0.2, -0.15) is 35.0 Å². The van der Waals surface area contributed by atoms with Gasteiger partial charge in [-0.05, 0) is 0 Å². The van der Waals surface area contributed by atoms with Gasteiger partial charge in [-0.1, -0.05) is 25.2 Å². The van der Waals surface area contributed by atoms with Crippen LogP contribution >= 0.6 is 0 Å². The summed E-state index contributed by atoms with van der Waals surface area (Å²) in [5, 5.41) is 5.32. The molecule has 0 aromatic heterocycles. The Bertz CT molecular complexity index is 651. The summed E-state index contributed by atoms with van der Waals surface area (Å²) in [6.45, 7) is 4.42. The van der Waals surface area contributed by atoms with Crippen LogP contribution in [-0.2, 0) is 21.7 Å². The third-order valence-electron chi connectivity index (χ3n) is 3.10. The molecule has 0 nitrogen and oxygen atoms in total. The number of hydrogen-bond donors (Lipinski definition) is 0. The molecular weight excluding hydrogens is 354 g/mol. The SMILES string of the molecule is C[SiH]C.[F-].[F-].[Ti+4].c1ccc2[cH-]ccc2c1.c1ccc2[cH-]ccc2c1. The topological polar surface area (TPSA) is 0 Å². The Kier molecular flexibility index (Phi) is 14.3. The van der Waals surface area contributed by atoms with Crippen LogP contribution in [0, 0.1) is 0 Å². The van der Waals surface area contributed by atoms with E-state index in [1.807, 2.05) is 0 Å². The molecule has 4 rings (SSSR count). The summed E-state index contributed by atoms with van der Waals surface area (Å²) in [5.74, 6) is 0. The van der Waals surface area contributed by atoms with E-state index in [4.69, 9.17) is 0 Å². The van der Waals surface area contributed by atoms with Crippen molar-refractivity contribution in [2.24, 2.45) is 0 Å². The average molecular weight is 375 g/mol. The summed E-state index contributed by atoms with van der Waals surface area (Å²) < 4.78 is 0. The van der Waals surface area contributed by atoms with Crippen molar-refractivity contribution in [3.8, 4) is 0 Å². The first-order valence-corrected chi connectivity index (χ1v) is 9.61. The maximum atomic E-state index is 2.21. The molecule has 0 aliphatic rings. The third-order valence-corrected chi connectivity index (χ3v) is 3.10. The van der Waals surface area contributed by atoms with E-state index in [1.165, 1.54) is 21.5 Å². The molecule has 0 aliphatic carbocycles. The van der Waals surface area contributed by atoms with Gasteiger partial charge in [-0.25, -0.2) is 0 Å². The van der Waals surface area contributed by atoms with Crippen molar-refractivity contribution in [2.75, 3.05) is 0 Å². The van der Waals surface area contributed by atoms with Crippen LogP contribution in [0.2, 0.25) is 13.1 Å². The molecule has 0 spiro atoms. The van der Waals surface area contributed by atoms with Gasteiger partial charge < -0.3 is 9.41 Å². The predicted molar refractivity (Wildman–Crippen MR) is 98.0 cm³/mol. The molecule has 4 aromatic rings. The molecule has 0 bridgehead atoms. The van der Waals surface area contributed by atoms with E-state index in [-0.39, 0.29) is 31.1 Å². The van der Waals surface area contributed by atoms with Crippen LogP contribution in [-0.4, -0.2) is 9.52 Å². The van der Waals surface area contributed by atoms with Gasteiger partial charge in [0.15, 0.2) is 0 Å². The van der Waals surface area contributed by atoms with Crippen molar-refractivity contribution in [2.45, 2.75) is 13.1 Å². The van der Waals surface area contributed by atoms with Crippen LogP contribution in [0.4, 0.5) is 0 Å². The fourth-order valence-electron chi connectivity index (χ4n) is 2.14. The second-order valence-electron chi connectivity index (χ2n) is 4.89. The van der Waals surface area contributed by atoms with Gasteiger partial charge in [0.2, 0.25) is 0 Å². The molecule has 0 saturated heterocycles. The summed E-state index contributed by atoms with van der Waals surface area (Å²) in [5.41, 5.74) is 0. The monoisotopic (exact) mass is 375 g/mol. The summed E-state index contributed by atoms with van der Waals surface area (Å²) in [4.78, 5) is 0. The van der Waals surface area contributed by atoms with Gasteiger partial charge >= 0.3 is 21.7 Å². The van der Waals surface area contributed by atoms with Crippen molar-refractivity contribution < 1.29 is 31.1 Å². The first-order chi connectivity index (χ1) is 10.3. The molecule has 4 aromatic carbocycles. The molecule has 0 atom stereocenters. The quantitative estimate of drug-likeness (QED) is 0.291. The molecule has 1 radical (unpaired) electrons. The number of benzene rings is 2. The molecule has 0 saturated carbocycles. The Morgan fingerprint density at radius 3 is 1.29 bits per heavy atom. The molecule has 0 amide bonds. The average Bonchev–Trinajstić information content (AvgIpc) is 3.17. The van der Waals surface area contributed by atoms with Crippen LogP contribution in [0.15, 0.2) is 84.9 Å². The van der Waals surface area contributed by atoms with Crippen molar-refractivity contribution in [3.63, 3.8) is 0 Å². The van der Waals surface area contributed by atoms with E-state index >= 15 is 0 Å². The van der Waals surface area contributed by atoms with Crippen molar-refractivity contribution in [1.29, 1.82) is 0 Å². The van der Waals surface area contributed by atoms with Gasteiger partial charge in [-0.3, -0.25) is 0 Å². The van der Waals surface area contributed by atoms with Crippen molar-refractivity contribution in [1.82, 2.24) is 0 Å². The molecule has 24 heavy (non-hydrogen) atoms. The first kappa shape index (κ1) is 24.7. The largest absolute Gasteiger partial charge is 4.00 e. The molecule has 123 valence electrons. The van der Waals surface area contributed by atoms with Gasteiger partial charge in [-0.15, -0.1) is 59.3 Å². The minimum Gasteiger partial charge on any atom is -1.00 e. The number of rotatable bonds is 0. The predicted octanol–water partition coefficient (Wildman–Crippen LogP) is -0.358. The van der Waals surface area contributed by atoms with Gasteiger partial charge in [0.25, 0.3) is 0 Å². The zero-order valence-corrected chi connectivity index (χ0v) is 16.6. The fourth-order valence-corrected chi connectivity index (χ4v) is 2.14. The zero-order chi connectivity index (χ0) is 14.9. The molecule has 0 aliphatic heterocycles. The van der Waals surface area contributed by atoms with E-state index in [2.05, 4.69) is 98.0 Å². The summed E-state index contributed by atoms with van der Waals surface area (Å²) in [7, 11) is 0.750. The number of hydrogen-bond acceptors (Lipinski definition) is 0. The standard InChI is InChI=1S/2C9H7.C2H7Si.2FH.Ti/c2*1-2-5-9-7-3-6-8(9)4-1;1-3-2;;;/h2*1-7H;3H,1-2H3;2*1H;/q2*-1;;;;+4/p-2. The van der Waals surface area contributed by atoms with Crippen molar-refractivity contribution >= 4 is 31.1 Å². The Morgan fingerprint density at radius 2 is 0.958 bits per heavy atom. The third kappa shape index (κ3) is 7.35. The Balaban J connectivity index is 0. The molecule has 4 heteroatoms. The van der Waals surface area contributed by atoms with E-state index < -0.39 is 0 Å². The Labute approximate surface area is 160 Å².